The van der Waals surface area contributed by atoms with Crippen LogP contribution < -0.4 is 0 Å². The highest BCUT2D eigenvalue weighted by Crippen LogP contribution is 2.28. The van der Waals surface area contributed by atoms with Gasteiger partial charge in [-0.05, 0) is 55.3 Å². The lowest BCUT2D eigenvalue weighted by molar-refractivity contribution is 1.16. The predicted octanol–water partition coefficient (Wildman–Crippen LogP) is 4.30. The Kier molecular flexibility index (Phi) is 3.35. The summed E-state index contributed by atoms with van der Waals surface area (Å²) in [5, 5.41) is 0. The maximum atomic E-state index is 4.74. The summed E-state index contributed by atoms with van der Waals surface area (Å²) in [6.45, 7) is 6.48. The molecule has 20 heavy (non-hydrogen) atoms. The van der Waals surface area contributed by atoms with Gasteiger partial charge in [-0.1, -0.05) is 18.2 Å². The Morgan fingerprint density at radius 1 is 1.00 bits per heavy atom. The van der Waals surface area contributed by atoms with Crippen LogP contribution in [0.2, 0.25) is 0 Å². The third-order valence-electron chi connectivity index (χ3n) is 3.99. The van der Waals surface area contributed by atoms with E-state index in [2.05, 4.69) is 71.1 Å². The Labute approximate surface area is 122 Å². The highest BCUT2D eigenvalue weighted by molar-refractivity contribution is 7.15. The van der Waals surface area contributed by atoms with E-state index >= 15 is 0 Å². The van der Waals surface area contributed by atoms with Gasteiger partial charge in [0.25, 0.3) is 0 Å². The number of rotatable bonds is 2. The van der Waals surface area contributed by atoms with Crippen LogP contribution >= 0.6 is 9.24 Å². The number of hydrogen-bond donors (Lipinski definition) is 0. The highest BCUT2D eigenvalue weighted by atomic mass is 31.0. The van der Waals surface area contributed by atoms with E-state index in [4.69, 9.17) is 4.98 Å². The van der Waals surface area contributed by atoms with E-state index in [9.17, 15) is 0 Å². The summed E-state index contributed by atoms with van der Waals surface area (Å²) in [6, 6.07) is 8.57. The molecular formula is C17H19N2P. The average molecular weight is 282 g/mol. The first-order valence-corrected chi connectivity index (χ1v) is 7.66. The molecule has 1 atom stereocenters. The second kappa shape index (κ2) is 5.03. The van der Waals surface area contributed by atoms with E-state index in [1.54, 1.807) is 0 Å². The maximum Gasteiger partial charge on any atom is 0.137 e. The number of fused-ring (bicyclic) bond motifs is 1. The summed E-state index contributed by atoms with van der Waals surface area (Å²) in [4.78, 5) is 4.74. The van der Waals surface area contributed by atoms with Crippen molar-refractivity contribution in [2.45, 2.75) is 26.9 Å². The molecule has 0 saturated carbocycles. The van der Waals surface area contributed by atoms with Gasteiger partial charge in [0.2, 0.25) is 0 Å². The normalized spacial score (nSPS) is 11.2. The van der Waals surface area contributed by atoms with Crippen LogP contribution in [-0.2, 0) is 6.16 Å². The van der Waals surface area contributed by atoms with E-state index < -0.39 is 0 Å². The third-order valence-corrected chi connectivity index (χ3v) is 4.43. The van der Waals surface area contributed by atoms with Gasteiger partial charge in [0, 0.05) is 18.0 Å². The smallest absolute Gasteiger partial charge is 0.137 e. The van der Waals surface area contributed by atoms with Crippen LogP contribution in [0.3, 0.4) is 0 Å². The Hall–Kier alpha value is -1.66. The highest BCUT2D eigenvalue weighted by Gasteiger charge is 2.10. The van der Waals surface area contributed by atoms with E-state index in [0.29, 0.717) is 0 Å². The fourth-order valence-electron chi connectivity index (χ4n) is 2.61. The summed E-state index contributed by atoms with van der Waals surface area (Å²) in [5.41, 5.74) is 8.59. The molecular weight excluding hydrogens is 263 g/mol. The summed E-state index contributed by atoms with van der Waals surface area (Å²) in [7, 11) is 2.80. The summed E-state index contributed by atoms with van der Waals surface area (Å²) >= 11 is 0. The number of hydrogen-bond acceptors (Lipinski definition) is 1. The van der Waals surface area contributed by atoms with Crippen molar-refractivity contribution in [3.8, 4) is 11.3 Å². The van der Waals surface area contributed by atoms with E-state index in [-0.39, 0.29) is 0 Å². The first-order valence-electron chi connectivity index (χ1n) is 6.85. The van der Waals surface area contributed by atoms with E-state index in [0.717, 1.165) is 17.5 Å². The van der Waals surface area contributed by atoms with Crippen molar-refractivity contribution in [3.63, 3.8) is 0 Å². The van der Waals surface area contributed by atoms with Gasteiger partial charge < -0.3 is 4.40 Å². The summed E-state index contributed by atoms with van der Waals surface area (Å²) in [6.07, 6.45) is 5.23. The molecule has 0 bridgehead atoms. The van der Waals surface area contributed by atoms with Gasteiger partial charge in [0.1, 0.15) is 5.65 Å². The Morgan fingerprint density at radius 2 is 1.80 bits per heavy atom. The van der Waals surface area contributed by atoms with Gasteiger partial charge in [-0.2, -0.15) is 0 Å². The van der Waals surface area contributed by atoms with E-state index in [1.807, 2.05) is 0 Å². The quantitative estimate of drug-likeness (QED) is 0.640. The number of imidazole rings is 1. The number of benzene rings is 1. The lowest BCUT2D eigenvalue weighted by Gasteiger charge is -2.10. The van der Waals surface area contributed by atoms with Crippen molar-refractivity contribution in [1.29, 1.82) is 0 Å². The standard InChI is InChI=1S/C17H19N2P/c1-11-4-7-17-18-16(9-19(17)8-11)15-6-5-14(10-20)12(2)13(15)3/h4-9H,10,20H2,1-3H3. The Morgan fingerprint density at radius 3 is 2.55 bits per heavy atom. The third kappa shape index (κ3) is 2.14. The zero-order valence-corrected chi connectivity index (χ0v) is 13.3. The second-order valence-electron chi connectivity index (χ2n) is 5.32. The van der Waals surface area contributed by atoms with Crippen molar-refractivity contribution < 1.29 is 0 Å². The van der Waals surface area contributed by atoms with Gasteiger partial charge in [-0.15, -0.1) is 9.24 Å². The summed E-state index contributed by atoms with van der Waals surface area (Å²) < 4.78 is 2.10. The molecule has 1 unspecified atom stereocenters. The number of aryl methyl sites for hydroxylation is 1. The molecule has 0 aliphatic rings. The van der Waals surface area contributed by atoms with Gasteiger partial charge in [0.15, 0.2) is 0 Å². The van der Waals surface area contributed by atoms with Crippen molar-refractivity contribution >= 4 is 14.9 Å². The van der Waals surface area contributed by atoms with Gasteiger partial charge in [0.05, 0.1) is 5.69 Å². The average Bonchev–Trinajstić information content (AvgIpc) is 2.84. The van der Waals surface area contributed by atoms with Crippen LogP contribution in [0.5, 0.6) is 0 Å². The van der Waals surface area contributed by atoms with Gasteiger partial charge in [-0.3, -0.25) is 0 Å². The van der Waals surface area contributed by atoms with Crippen LogP contribution in [0.15, 0.2) is 36.7 Å². The molecule has 0 fully saturated rings. The van der Waals surface area contributed by atoms with Crippen LogP contribution in [0, 0.1) is 20.8 Å². The molecule has 0 spiro atoms. The zero-order chi connectivity index (χ0) is 14.3. The van der Waals surface area contributed by atoms with Crippen LogP contribution in [0.1, 0.15) is 22.3 Å². The molecule has 0 radical (unpaired) electrons. The topological polar surface area (TPSA) is 17.3 Å². The molecule has 3 heteroatoms. The second-order valence-corrected chi connectivity index (χ2v) is 5.73. The Bertz CT molecular complexity index is 787. The van der Waals surface area contributed by atoms with Crippen molar-refractivity contribution in [2.24, 2.45) is 0 Å². The fourth-order valence-corrected chi connectivity index (χ4v) is 3.05. The number of nitrogens with zero attached hydrogens (tertiary/aromatic N) is 2. The molecule has 0 N–H and O–H groups in total. The number of pyridine rings is 1. The monoisotopic (exact) mass is 282 g/mol. The van der Waals surface area contributed by atoms with Crippen LogP contribution in [0.25, 0.3) is 16.9 Å². The minimum absolute atomic E-state index is 0.997. The molecule has 0 aliphatic carbocycles. The lowest BCUT2D eigenvalue weighted by atomic mass is 9.97. The minimum Gasteiger partial charge on any atom is -0.306 e. The zero-order valence-electron chi connectivity index (χ0n) is 12.1. The van der Waals surface area contributed by atoms with Crippen molar-refractivity contribution in [1.82, 2.24) is 9.38 Å². The molecule has 2 aromatic heterocycles. The van der Waals surface area contributed by atoms with Gasteiger partial charge in [-0.25, -0.2) is 4.98 Å². The number of aromatic nitrogens is 2. The maximum absolute atomic E-state index is 4.74. The lowest BCUT2D eigenvalue weighted by Crippen LogP contribution is -1.92. The first kappa shape index (κ1) is 13.3. The van der Waals surface area contributed by atoms with Crippen molar-refractivity contribution in [2.75, 3.05) is 0 Å². The molecule has 0 saturated heterocycles. The molecule has 0 amide bonds. The SMILES string of the molecule is Cc1ccc2nc(-c3ccc(CP)c(C)c3C)cn2c1. The molecule has 102 valence electrons. The minimum atomic E-state index is 0.997. The fraction of sp³-hybridized carbons (Fsp3) is 0.235. The molecule has 0 aliphatic heterocycles. The predicted molar refractivity (Wildman–Crippen MR) is 88.3 cm³/mol. The Balaban J connectivity index is 2.18. The van der Waals surface area contributed by atoms with Crippen LogP contribution in [-0.4, -0.2) is 9.38 Å². The van der Waals surface area contributed by atoms with Crippen LogP contribution in [0.4, 0.5) is 0 Å². The molecule has 2 nitrogen and oxygen atoms in total. The molecule has 3 rings (SSSR count). The van der Waals surface area contributed by atoms with Gasteiger partial charge >= 0.3 is 0 Å². The van der Waals surface area contributed by atoms with E-state index in [1.165, 1.54) is 27.8 Å². The van der Waals surface area contributed by atoms with Crippen molar-refractivity contribution in [3.05, 3.63) is 58.9 Å². The molecule has 1 aromatic carbocycles. The largest absolute Gasteiger partial charge is 0.306 e. The molecule has 2 heterocycles. The summed E-state index contributed by atoms with van der Waals surface area (Å²) in [5.74, 6) is 0. The first-order chi connectivity index (χ1) is 9.60. The molecule has 3 aromatic rings.